The molecule has 1 saturated carbocycles. The van der Waals surface area contributed by atoms with Crippen LogP contribution in [-0.2, 0) is 15.4 Å². The summed E-state index contributed by atoms with van der Waals surface area (Å²) in [6.45, 7) is 1.02. The number of hydrogen-bond acceptors (Lipinski definition) is 7. The number of nitrogens with zero attached hydrogens (tertiary/aromatic N) is 5. The lowest BCUT2D eigenvalue weighted by atomic mass is 9.78. The molecule has 1 amide bonds. The Hall–Kier alpha value is -2.49. The Morgan fingerprint density at radius 3 is 2.65 bits per heavy atom. The third-order valence-electron chi connectivity index (χ3n) is 5.27. The molecule has 5 rings (SSSR count). The van der Waals surface area contributed by atoms with E-state index in [0.717, 1.165) is 24.9 Å². The van der Waals surface area contributed by atoms with Crippen molar-refractivity contribution in [2.75, 3.05) is 30.2 Å². The van der Waals surface area contributed by atoms with Gasteiger partial charge in [-0.05, 0) is 12.8 Å². The SMILES string of the molecule is CS(=O)(=O)N1CC2(CN(C(=O)c3cc(C4CC4)on3)C2)c2nccnc21. The van der Waals surface area contributed by atoms with E-state index in [-0.39, 0.29) is 12.5 Å². The molecule has 2 aromatic heterocycles. The van der Waals surface area contributed by atoms with E-state index in [0.29, 0.717) is 36.2 Å². The molecule has 2 fully saturated rings. The van der Waals surface area contributed by atoms with Crippen molar-refractivity contribution >= 4 is 21.7 Å². The van der Waals surface area contributed by atoms with Crippen molar-refractivity contribution in [3.05, 3.63) is 35.6 Å². The molecule has 0 N–H and O–H groups in total. The van der Waals surface area contributed by atoms with Gasteiger partial charge in [-0.3, -0.25) is 14.1 Å². The van der Waals surface area contributed by atoms with Crippen LogP contribution in [0.3, 0.4) is 0 Å². The van der Waals surface area contributed by atoms with Crippen molar-refractivity contribution in [3.63, 3.8) is 0 Å². The van der Waals surface area contributed by atoms with Gasteiger partial charge in [0.15, 0.2) is 11.5 Å². The second kappa shape index (κ2) is 5.03. The lowest BCUT2D eigenvalue weighted by Crippen LogP contribution is -2.63. The van der Waals surface area contributed by atoms with Gasteiger partial charge in [0.1, 0.15) is 5.76 Å². The molecule has 0 atom stereocenters. The number of carbonyl (C=O) groups excluding carboxylic acids is 1. The van der Waals surface area contributed by atoms with Crippen LogP contribution in [0.5, 0.6) is 0 Å². The van der Waals surface area contributed by atoms with Crippen LogP contribution in [0.15, 0.2) is 23.0 Å². The fourth-order valence-electron chi connectivity index (χ4n) is 3.78. The molecule has 136 valence electrons. The zero-order valence-electron chi connectivity index (χ0n) is 14.1. The van der Waals surface area contributed by atoms with Crippen LogP contribution in [0.25, 0.3) is 0 Å². The van der Waals surface area contributed by atoms with Crippen molar-refractivity contribution in [1.29, 1.82) is 0 Å². The highest BCUT2D eigenvalue weighted by Crippen LogP contribution is 2.45. The van der Waals surface area contributed by atoms with Gasteiger partial charge < -0.3 is 9.42 Å². The van der Waals surface area contributed by atoms with Gasteiger partial charge in [-0.2, -0.15) is 0 Å². The molecular weight excluding hydrogens is 358 g/mol. The number of fused-ring (bicyclic) bond motifs is 2. The quantitative estimate of drug-likeness (QED) is 0.769. The Labute approximate surface area is 150 Å². The largest absolute Gasteiger partial charge is 0.360 e. The van der Waals surface area contributed by atoms with E-state index >= 15 is 0 Å². The number of aromatic nitrogens is 3. The first-order valence-electron chi connectivity index (χ1n) is 8.42. The third kappa shape index (κ3) is 2.24. The zero-order chi connectivity index (χ0) is 18.1. The predicted molar refractivity (Wildman–Crippen MR) is 90.3 cm³/mol. The van der Waals surface area contributed by atoms with Gasteiger partial charge in [0.05, 0.1) is 23.9 Å². The maximum atomic E-state index is 12.6. The highest BCUT2D eigenvalue weighted by Gasteiger charge is 2.56. The summed E-state index contributed by atoms with van der Waals surface area (Å²) in [6.07, 6.45) is 6.34. The molecule has 9 nitrogen and oxygen atoms in total. The van der Waals surface area contributed by atoms with Crippen molar-refractivity contribution in [1.82, 2.24) is 20.0 Å². The standard InChI is InChI=1S/C16H17N5O4S/c1-26(23,24)21-9-16(13-14(21)18-5-4-17-13)7-20(8-16)15(22)11-6-12(25-19-11)10-2-3-10/h4-6,10H,2-3,7-9H2,1H3. The minimum Gasteiger partial charge on any atom is -0.360 e. The van der Waals surface area contributed by atoms with Gasteiger partial charge in [-0.1, -0.05) is 5.16 Å². The number of anilines is 1. The molecule has 2 aromatic rings. The van der Waals surface area contributed by atoms with E-state index in [1.165, 1.54) is 10.5 Å². The molecule has 1 aliphatic carbocycles. The summed E-state index contributed by atoms with van der Waals surface area (Å²) in [5, 5.41) is 3.89. The summed E-state index contributed by atoms with van der Waals surface area (Å²) < 4.78 is 30.7. The van der Waals surface area contributed by atoms with Crippen LogP contribution in [0.1, 0.15) is 40.7 Å². The molecule has 1 spiro atoms. The topological polar surface area (TPSA) is 110 Å². The molecule has 0 radical (unpaired) electrons. The smallest absolute Gasteiger partial charge is 0.276 e. The van der Waals surface area contributed by atoms with Gasteiger partial charge in [0.25, 0.3) is 5.91 Å². The number of rotatable bonds is 3. The van der Waals surface area contributed by atoms with E-state index in [1.807, 2.05) is 0 Å². The number of sulfonamides is 1. The minimum absolute atomic E-state index is 0.200. The average Bonchev–Trinajstić information content (AvgIpc) is 3.18. The van der Waals surface area contributed by atoms with Crippen molar-refractivity contribution in [2.45, 2.75) is 24.2 Å². The van der Waals surface area contributed by atoms with Crippen LogP contribution in [0, 0.1) is 0 Å². The Kier molecular flexibility index (Phi) is 3.04. The Bertz CT molecular complexity index is 1010. The van der Waals surface area contributed by atoms with Crippen LogP contribution in [0.2, 0.25) is 0 Å². The Balaban J connectivity index is 1.39. The second-order valence-electron chi connectivity index (χ2n) is 7.33. The van der Waals surface area contributed by atoms with E-state index in [4.69, 9.17) is 4.52 Å². The fourth-order valence-corrected chi connectivity index (χ4v) is 4.71. The van der Waals surface area contributed by atoms with Gasteiger partial charge in [0, 0.05) is 37.5 Å². The van der Waals surface area contributed by atoms with E-state index < -0.39 is 15.4 Å². The molecular formula is C16H17N5O4S. The molecule has 10 heteroatoms. The molecule has 0 unspecified atom stereocenters. The van der Waals surface area contributed by atoms with Gasteiger partial charge in [-0.25, -0.2) is 13.4 Å². The summed E-state index contributed by atoms with van der Waals surface area (Å²) in [4.78, 5) is 22.9. The monoisotopic (exact) mass is 375 g/mol. The highest BCUT2D eigenvalue weighted by atomic mass is 32.2. The molecule has 4 heterocycles. The first kappa shape index (κ1) is 15.7. The third-order valence-corrected chi connectivity index (χ3v) is 6.37. The fraction of sp³-hybridized carbons (Fsp3) is 0.500. The van der Waals surface area contributed by atoms with Crippen molar-refractivity contribution in [2.24, 2.45) is 0 Å². The molecule has 0 bridgehead atoms. The number of likely N-dealkylation sites (tertiary alicyclic amines) is 1. The van der Waals surface area contributed by atoms with Crippen LogP contribution >= 0.6 is 0 Å². The summed E-state index contributed by atoms with van der Waals surface area (Å²) in [7, 11) is -3.45. The first-order chi connectivity index (χ1) is 12.4. The molecule has 1 saturated heterocycles. The first-order valence-corrected chi connectivity index (χ1v) is 10.3. The molecule has 0 aromatic carbocycles. The van der Waals surface area contributed by atoms with Crippen LogP contribution in [-0.4, -0.2) is 60.2 Å². The van der Waals surface area contributed by atoms with Gasteiger partial charge >= 0.3 is 0 Å². The normalized spacial score (nSPS) is 21.0. The number of hydrogen-bond donors (Lipinski definition) is 0. The predicted octanol–water partition coefficient (Wildman–Crippen LogP) is 0.515. The van der Waals surface area contributed by atoms with Gasteiger partial charge in [0.2, 0.25) is 10.0 Å². The average molecular weight is 375 g/mol. The summed E-state index contributed by atoms with van der Waals surface area (Å²) in [5.74, 6) is 1.32. The number of carbonyl (C=O) groups is 1. The molecule has 3 aliphatic rings. The molecule has 26 heavy (non-hydrogen) atoms. The minimum atomic E-state index is -3.45. The van der Waals surface area contributed by atoms with E-state index in [2.05, 4.69) is 15.1 Å². The highest BCUT2D eigenvalue weighted by molar-refractivity contribution is 7.92. The lowest BCUT2D eigenvalue weighted by Gasteiger charge is -2.47. The van der Waals surface area contributed by atoms with Crippen LogP contribution < -0.4 is 4.31 Å². The summed E-state index contributed by atoms with van der Waals surface area (Å²) >= 11 is 0. The van der Waals surface area contributed by atoms with Crippen molar-refractivity contribution in [3.8, 4) is 0 Å². The Morgan fingerprint density at radius 1 is 1.23 bits per heavy atom. The lowest BCUT2D eigenvalue weighted by molar-refractivity contribution is 0.0412. The summed E-state index contributed by atoms with van der Waals surface area (Å²) in [5.41, 5.74) is 0.429. The molecule has 2 aliphatic heterocycles. The number of amides is 1. The zero-order valence-corrected chi connectivity index (χ0v) is 14.9. The van der Waals surface area contributed by atoms with Gasteiger partial charge in [-0.15, -0.1) is 0 Å². The van der Waals surface area contributed by atoms with Crippen LogP contribution in [0.4, 0.5) is 5.82 Å². The van der Waals surface area contributed by atoms with Crippen molar-refractivity contribution < 1.29 is 17.7 Å². The van der Waals surface area contributed by atoms with E-state index in [1.54, 1.807) is 17.2 Å². The maximum Gasteiger partial charge on any atom is 0.276 e. The Morgan fingerprint density at radius 2 is 1.96 bits per heavy atom. The summed E-state index contributed by atoms with van der Waals surface area (Å²) in [6, 6.07) is 1.72. The second-order valence-corrected chi connectivity index (χ2v) is 9.24. The maximum absolute atomic E-state index is 12.6. The van der Waals surface area contributed by atoms with E-state index in [9.17, 15) is 13.2 Å².